The van der Waals surface area contributed by atoms with Crippen molar-refractivity contribution >= 4 is 21.6 Å². The summed E-state index contributed by atoms with van der Waals surface area (Å²) in [5.74, 6) is -0.201. The van der Waals surface area contributed by atoms with Crippen molar-refractivity contribution in [1.82, 2.24) is 4.31 Å². The number of nitrogens with zero attached hydrogens (tertiary/aromatic N) is 1. The van der Waals surface area contributed by atoms with E-state index in [1.165, 1.54) is 4.31 Å². The fourth-order valence-electron chi connectivity index (χ4n) is 3.45. The van der Waals surface area contributed by atoms with Gasteiger partial charge in [-0.05, 0) is 56.9 Å². The zero-order chi connectivity index (χ0) is 19.6. The Bertz CT molecular complexity index is 908. The van der Waals surface area contributed by atoms with Crippen LogP contribution in [0.1, 0.15) is 29.5 Å². The molecule has 0 bridgehead atoms. The van der Waals surface area contributed by atoms with Crippen LogP contribution >= 0.6 is 0 Å². The summed E-state index contributed by atoms with van der Waals surface area (Å²) in [7, 11) is -3.50. The molecule has 144 valence electrons. The van der Waals surface area contributed by atoms with E-state index in [9.17, 15) is 13.2 Å². The maximum atomic E-state index is 12.8. The van der Waals surface area contributed by atoms with Gasteiger partial charge in [0, 0.05) is 24.7 Å². The van der Waals surface area contributed by atoms with Crippen LogP contribution in [0.3, 0.4) is 0 Å². The Labute approximate surface area is 161 Å². The lowest BCUT2D eigenvalue weighted by Crippen LogP contribution is -2.41. The molecule has 1 amide bonds. The molecule has 0 aliphatic carbocycles. The molecule has 2 aromatic rings. The van der Waals surface area contributed by atoms with Gasteiger partial charge in [0.1, 0.15) is 0 Å². The average molecular weight is 387 g/mol. The van der Waals surface area contributed by atoms with Gasteiger partial charge in [0.15, 0.2) is 0 Å². The summed E-state index contributed by atoms with van der Waals surface area (Å²) in [4.78, 5) is 13.0. The molecule has 0 aromatic heterocycles. The third-order valence-corrected chi connectivity index (χ3v) is 7.13. The molecule has 1 saturated heterocycles. The Hall–Kier alpha value is -2.18. The number of carbonyl (C=O) groups excluding carboxylic acids is 1. The minimum atomic E-state index is -3.50. The number of sulfonamides is 1. The second-order valence-corrected chi connectivity index (χ2v) is 9.19. The van der Waals surface area contributed by atoms with Gasteiger partial charge in [0.25, 0.3) is 0 Å². The standard InChI is InChI=1S/C21H26N2O3S/c1-15-7-9-19(10-8-15)27(25,26)23-13-11-18(12-14-23)21(24)22-20-16(2)5-4-6-17(20)3/h4-10,18H,11-14H2,1-3H3,(H,22,24). The van der Waals surface area contributed by atoms with Gasteiger partial charge in [-0.15, -0.1) is 0 Å². The molecule has 5 nitrogen and oxygen atoms in total. The molecule has 0 saturated carbocycles. The first kappa shape index (κ1) is 19.6. The molecule has 3 rings (SSSR count). The lowest BCUT2D eigenvalue weighted by Gasteiger charge is -2.30. The highest BCUT2D eigenvalue weighted by Crippen LogP contribution is 2.26. The van der Waals surface area contributed by atoms with Gasteiger partial charge in [0.05, 0.1) is 4.90 Å². The number of piperidine rings is 1. The number of rotatable bonds is 4. The normalized spacial score (nSPS) is 16.3. The molecular formula is C21H26N2O3S. The van der Waals surface area contributed by atoms with Gasteiger partial charge in [-0.3, -0.25) is 4.79 Å². The summed E-state index contributed by atoms with van der Waals surface area (Å²) in [6.07, 6.45) is 1.06. The average Bonchev–Trinajstić information content (AvgIpc) is 2.65. The molecule has 2 aromatic carbocycles. The summed E-state index contributed by atoms with van der Waals surface area (Å²) in [5.41, 5.74) is 3.94. The maximum absolute atomic E-state index is 12.8. The predicted octanol–water partition coefficient (Wildman–Crippen LogP) is 3.65. The molecule has 27 heavy (non-hydrogen) atoms. The highest BCUT2D eigenvalue weighted by molar-refractivity contribution is 7.89. The van der Waals surface area contributed by atoms with E-state index in [0.29, 0.717) is 30.8 Å². The van der Waals surface area contributed by atoms with E-state index in [0.717, 1.165) is 22.4 Å². The molecule has 1 heterocycles. The quantitative estimate of drug-likeness (QED) is 0.872. The van der Waals surface area contributed by atoms with Crippen LogP contribution in [0.4, 0.5) is 5.69 Å². The molecule has 6 heteroatoms. The molecule has 1 N–H and O–H groups in total. The Morgan fingerprint density at radius 2 is 1.52 bits per heavy atom. The van der Waals surface area contributed by atoms with Crippen molar-refractivity contribution in [3.63, 3.8) is 0 Å². The molecular weight excluding hydrogens is 360 g/mol. The lowest BCUT2D eigenvalue weighted by atomic mass is 9.96. The molecule has 1 aliphatic heterocycles. The first-order valence-electron chi connectivity index (χ1n) is 9.23. The van der Waals surface area contributed by atoms with Crippen molar-refractivity contribution in [3.05, 3.63) is 59.2 Å². The first-order valence-corrected chi connectivity index (χ1v) is 10.7. The van der Waals surface area contributed by atoms with Gasteiger partial charge in [-0.2, -0.15) is 4.31 Å². The second-order valence-electron chi connectivity index (χ2n) is 7.25. The zero-order valence-corrected chi connectivity index (χ0v) is 16.8. The number of aryl methyl sites for hydroxylation is 3. The third kappa shape index (κ3) is 4.22. The van der Waals surface area contributed by atoms with Gasteiger partial charge in [-0.1, -0.05) is 35.9 Å². The van der Waals surface area contributed by atoms with E-state index in [1.807, 2.05) is 39.0 Å². The Kier molecular flexibility index (Phi) is 5.67. The number of carbonyl (C=O) groups is 1. The monoisotopic (exact) mass is 386 g/mol. The van der Waals surface area contributed by atoms with Crippen LogP contribution in [0.5, 0.6) is 0 Å². The van der Waals surface area contributed by atoms with Crippen molar-refractivity contribution in [2.45, 2.75) is 38.5 Å². The third-order valence-electron chi connectivity index (χ3n) is 5.21. The summed E-state index contributed by atoms with van der Waals surface area (Å²) >= 11 is 0. The van der Waals surface area contributed by atoms with E-state index in [-0.39, 0.29) is 11.8 Å². The minimum absolute atomic E-state index is 0.0280. The van der Waals surface area contributed by atoms with Crippen LogP contribution in [0.25, 0.3) is 0 Å². The van der Waals surface area contributed by atoms with Gasteiger partial charge >= 0.3 is 0 Å². The van der Waals surface area contributed by atoms with Crippen molar-refractivity contribution < 1.29 is 13.2 Å². The Balaban J connectivity index is 1.64. The van der Waals surface area contributed by atoms with E-state index in [1.54, 1.807) is 24.3 Å². The zero-order valence-electron chi connectivity index (χ0n) is 16.0. The summed E-state index contributed by atoms with van der Waals surface area (Å²) < 4.78 is 27.0. The number of nitrogens with one attached hydrogen (secondary N) is 1. The Morgan fingerprint density at radius 3 is 2.07 bits per heavy atom. The Morgan fingerprint density at radius 1 is 0.963 bits per heavy atom. The molecule has 1 fully saturated rings. The van der Waals surface area contributed by atoms with E-state index in [2.05, 4.69) is 5.32 Å². The first-order chi connectivity index (χ1) is 12.8. The van der Waals surface area contributed by atoms with Crippen molar-refractivity contribution in [1.29, 1.82) is 0 Å². The van der Waals surface area contributed by atoms with E-state index >= 15 is 0 Å². The maximum Gasteiger partial charge on any atom is 0.243 e. The topological polar surface area (TPSA) is 66.5 Å². The summed E-state index contributed by atoms with van der Waals surface area (Å²) in [6.45, 7) is 6.59. The van der Waals surface area contributed by atoms with E-state index < -0.39 is 10.0 Å². The number of benzene rings is 2. The molecule has 1 aliphatic rings. The van der Waals surface area contributed by atoms with Crippen LogP contribution in [0, 0.1) is 26.7 Å². The fraction of sp³-hybridized carbons (Fsp3) is 0.381. The number of hydrogen-bond acceptors (Lipinski definition) is 3. The van der Waals surface area contributed by atoms with Crippen LogP contribution in [-0.2, 0) is 14.8 Å². The lowest BCUT2D eigenvalue weighted by molar-refractivity contribution is -0.120. The molecule has 0 unspecified atom stereocenters. The summed E-state index contributed by atoms with van der Waals surface area (Å²) in [5, 5.41) is 3.03. The number of anilines is 1. The molecule has 0 radical (unpaired) electrons. The van der Waals surface area contributed by atoms with Crippen molar-refractivity contribution in [2.24, 2.45) is 5.92 Å². The van der Waals surface area contributed by atoms with Crippen LogP contribution in [-0.4, -0.2) is 31.7 Å². The highest BCUT2D eigenvalue weighted by atomic mass is 32.2. The van der Waals surface area contributed by atoms with Gasteiger partial charge < -0.3 is 5.32 Å². The fourth-order valence-corrected chi connectivity index (χ4v) is 4.92. The van der Waals surface area contributed by atoms with Crippen LogP contribution in [0.2, 0.25) is 0 Å². The van der Waals surface area contributed by atoms with Gasteiger partial charge in [-0.25, -0.2) is 8.42 Å². The summed E-state index contributed by atoms with van der Waals surface area (Å²) in [6, 6.07) is 12.8. The molecule has 0 atom stereocenters. The minimum Gasteiger partial charge on any atom is -0.325 e. The van der Waals surface area contributed by atoms with Crippen molar-refractivity contribution in [2.75, 3.05) is 18.4 Å². The van der Waals surface area contributed by atoms with Crippen LogP contribution < -0.4 is 5.32 Å². The van der Waals surface area contributed by atoms with Crippen molar-refractivity contribution in [3.8, 4) is 0 Å². The number of amides is 1. The largest absolute Gasteiger partial charge is 0.325 e. The highest BCUT2D eigenvalue weighted by Gasteiger charge is 2.32. The van der Waals surface area contributed by atoms with E-state index in [4.69, 9.17) is 0 Å². The SMILES string of the molecule is Cc1ccc(S(=O)(=O)N2CCC(C(=O)Nc3c(C)cccc3C)CC2)cc1. The number of hydrogen-bond donors (Lipinski definition) is 1. The number of para-hydroxylation sites is 1. The second kappa shape index (κ2) is 7.82. The smallest absolute Gasteiger partial charge is 0.243 e. The molecule has 0 spiro atoms. The van der Waals surface area contributed by atoms with Crippen LogP contribution in [0.15, 0.2) is 47.4 Å². The van der Waals surface area contributed by atoms with Gasteiger partial charge in [0.2, 0.25) is 15.9 Å². The predicted molar refractivity (Wildman–Crippen MR) is 107 cm³/mol.